The molecule has 3 aromatic rings. The van der Waals surface area contributed by atoms with Gasteiger partial charge >= 0.3 is 12.1 Å². The molecule has 1 atom stereocenters. The second-order valence-corrected chi connectivity index (χ2v) is 8.83. The van der Waals surface area contributed by atoms with E-state index in [9.17, 15) is 14.4 Å². The van der Waals surface area contributed by atoms with Gasteiger partial charge in [-0.1, -0.05) is 64.5 Å². The number of hydrogen-bond donors (Lipinski definition) is 3. The molecule has 35 heavy (non-hydrogen) atoms. The molecule has 0 radical (unpaired) electrons. The van der Waals surface area contributed by atoms with Crippen LogP contribution in [0.15, 0.2) is 71.2 Å². The highest BCUT2D eigenvalue weighted by molar-refractivity contribution is 9.10. The summed E-state index contributed by atoms with van der Waals surface area (Å²) in [5.74, 6) is -1.85. The molecule has 0 bridgehead atoms. The molecule has 3 N–H and O–H groups in total. The first-order valence-corrected chi connectivity index (χ1v) is 11.6. The number of ether oxygens (including phenoxy) is 2. The van der Waals surface area contributed by atoms with Gasteiger partial charge in [-0.3, -0.25) is 10.1 Å². The lowest BCUT2D eigenvalue weighted by Crippen LogP contribution is -2.38. The summed E-state index contributed by atoms with van der Waals surface area (Å²) in [7, 11) is 1.24. The number of hydrogen-bond acceptors (Lipinski definition) is 5. The van der Waals surface area contributed by atoms with Crippen LogP contribution in [0.5, 0.6) is 0 Å². The minimum Gasteiger partial charge on any atom is -0.479 e. The summed E-state index contributed by atoms with van der Waals surface area (Å²) >= 11 is 3.34. The maximum Gasteiger partial charge on any atom is 0.411 e. The van der Waals surface area contributed by atoms with Gasteiger partial charge in [-0.2, -0.15) is 0 Å². The Morgan fingerprint density at radius 1 is 1.00 bits per heavy atom. The Morgan fingerprint density at radius 3 is 2.23 bits per heavy atom. The molecule has 2 amide bonds. The normalized spacial score (nSPS) is 12.9. The van der Waals surface area contributed by atoms with Crippen molar-refractivity contribution in [3.63, 3.8) is 0 Å². The zero-order chi connectivity index (χ0) is 24.9. The molecule has 3 aromatic carbocycles. The number of fused-ring (bicyclic) bond motifs is 3. The summed E-state index contributed by atoms with van der Waals surface area (Å²) in [5, 5.41) is 14.2. The van der Waals surface area contributed by atoms with Crippen molar-refractivity contribution in [3.05, 3.63) is 87.9 Å². The van der Waals surface area contributed by atoms with Crippen LogP contribution in [0.25, 0.3) is 11.1 Å². The van der Waals surface area contributed by atoms with Crippen molar-refractivity contribution >= 4 is 39.6 Å². The molecule has 1 aliphatic carbocycles. The van der Waals surface area contributed by atoms with E-state index in [2.05, 4.69) is 38.7 Å². The van der Waals surface area contributed by atoms with E-state index in [0.29, 0.717) is 4.47 Å². The molecule has 0 spiro atoms. The van der Waals surface area contributed by atoms with E-state index in [-0.39, 0.29) is 30.3 Å². The lowest BCUT2D eigenvalue weighted by Gasteiger charge is -2.16. The summed E-state index contributed by atoms with van der Waals surface area (Å²) in [6.07, 6.45) is -1.90. The zero-order valence-corrected chi connectivity index (χ0v) is 20.4. The van der Waals surface area contributed by atoms with Crippen LogP contribution < -0.4 is 10.6 Å². The molecular formula is C26H23BrN2O6. The summed E-state index contributed by atoms with van der Waals surface area (Å²) in [4.78, 5) is 36.5. The van der Waals surface area contributed by atoms with Crippen molar-refractivity contribution in [2.45, 2.75) is 12.0 Å². The molecular weight excluding hydrogens is 516 g/mol. The number of carbonyl (C=O) groups excluding carboxylic acids is 2. The number of rotatable bonds is 8. The first-order chi connectivity index (χ1) is 16.9. The van der Waals surface area contributed by atoms with Crippen LogP contribution in [-0.2, 0) is 14.3 Å². The quantitative estimate of drug-likeness (QED) is 0.385. The third-order valence-electron chi connectivity index (χ3n) is 5.81. The third-order valence-corrected chi connectivity index (χ3v) is 6.31. The molecule has 0 heterocycles. The van der Waals surface area contributed by atoms with Gasteiger partial charge in [-0.05, 0) is 40.5 Å². The van der Waals surface area contributed by atoms with Crippen molar-refractivity contribution < 1.29 is 29.0 Å². The molecule has 1 unspecified atom stereocenters. The number of carboxylic acid groups (broad SMARTS) is 1. The van der Waals surface area contributed by atoms with Gasteiger partial charge in [-0.15, -0.1) is 0 Å². The fraction of sp³-hybridized carbons (Fsp3) is 0.192. The van der Waals surface area contributed by atoms with E-state index in [1.807, 2.05) is 36.4 Å². The predicted octanol–water partition coefficient (Wildman–Crippen LogP) is 4.64. The average Bonchev–Trinajstić information content (AvgIpc) is 3.16. The second-order valence-electron chi connectivity index (χ2n) is 7.91. The molecule has 0 fully saturated rings. The first kappa shape index (κ1) is 24.4. The van der Waals surface area contributed by atoms with Crippen LogP contribution >= 0.6 is 15.9 Å². The lowest BCUT2D eigenvalue weighted by molar-refractivity contribution is -0.148. The summed E-state index contributed by atoms with van der Waals surface area (Å²) < 4.78 is 11.0. The Hall–Kier alpha value is -3.69. The maximum absolute atomic E-state index is 12.7. The second kappa shape index (κ2) is 10.7. The maximum atomic E-state index is 12.7. The van der Waals surface area contributed by atoms with Gasteiger partial charge in [-0.25, -0.2) is 9.59 Å². The molecule has 0 aliphatic heterocycles. The van der Waals surface area contributed by atoms with Gasteiger partial charge in [0.15, 0.2) is 6.10 Å². The Bertz CT molecular complexity index is 1230. The van der Waals surface area contributed by atoms with Crippen LogP contribution in [0.3, 0.4) is 0 Å². The van der Waals surface area contributed by atoms with E-state index in [0.717, 1.165) is 22.3 Å². The SMILES string of the molecule is COC(CNC(=O)c1ccc(Br)cc1NC(=O)OCC1c2ccccc2-c2ccccc21)C(=O)O. The van der Waals surface area contributed by atoms with E-state index in [1.165, 1.54) is 13.2 Å². The third kappa shape index (κ3) is 5.36. The number of nitrogens with one attached hydrogen (secondary N) is 2. The Morgan fingerprint density at radius 2 is 1.63 bits per heavy atom. The van der Waals surface area contributed by atoms with Gasteiger partial charge in [0, 0.05) is 17.5 Å². The smallest absolute Gasteiger partial charge is 0.411 e. The number of carboxylic acids is 1. The molecule has 8 nitrogen and oxygen atoms in total. The highest BCUT2D eigenvalue weighted by Gasteiger charge is 2.29. The van der Waals surface area contributed by atoms with Crippen molar-refractivity contribution in [1.82, 2.24) is 5.32 Å². The molecule has 0 aromatic heterocycles. The van der Waals surface area contributed by atoms with E-state index >= 15 is 0 Å². The number of anilines is 1. The summed E-state index contributed by atoms with van der Waals surface area (Å²) in [5.41, 5.74) is 4.81. The van der Waals surface area contributed by atoms with Crippen molar-refractivity contribution in [1.29, 1.82) is 0 Å². The average molecular weight is 539 g/mol. The number of methoxy groups -OCH3 is 1. The van der Waals surface area contributed by atoms with Crippen molar-refractivity contribution in [3.8, 4) is 11.1 Å². The minimum absolute atomic E-state index is 0.0968. The van der Waals surface area contributed by atoms with Crippen LogP contribution in [0.4, 0.5) is 10.5 Å². The first-order valence-electron chi connectivity index (χ1n) is 10.8. The fourth-order valence-corrected chi connectivity index (χ4v) is 4.48. The van der Waals surface area contributed by atoms with Crippen LogP contribution in [-0.4, -0.2) is 49.4 Å². The van der Waals surface area contributed by atoms with Gasteiger partial charge in [0.1, 0.15) is 6.61 Å². The number of aliphatic carboxylic acids is 1. The molecule has 180 valence electrons. The highest BCUT2D eigenvalue weighted by Crippen LogP contribution is 2.44. The van der Waals surface area contributed by atoms with E-state index in [4.69, 9.17) is 14.6 Å². The molecule has 1 aliphatic rings. The Balaban J connectivity index is 1.45. The van der Waals surface area contributed by atoms with Crippen LogP contribution in [0.2, 0.25) is 0 Å². The number of carbonyl (C=O) groups is 3. The number of benzene rings is 3. The molecule has 0 saturated heterocycles. The minimum atomic E-state index is -1.19. The molecule has 0 saturated carbocycles. The van der Waals surface area contributed by atoms with Crippen molar-refractivity contribution in [2.24, 2.45) is 0 Å². The van der Waals surface area contributed by atoms with Crippen LogP contribution in [0, 0.1) is 0 Å². The summed E-state index contributed by atoms with van der Waals surface area (Å²) in [6, 6.07) is 20.8. The standard InChI is InChI=1S/C26H23BrN2O6/c1-34-23(25(31)32)13-28-24(30)20-11-10-15(27)12-22(20)29-26(33)35-14-21-18-8-4-2-6-16(18)17-7-3-5-9-19(17)21/h2-12,21,23H,13-14H2,1H3,(H,28,30)(H,29,33)(H,31,32). The predicted molar refractivity (Wildman–Crippen MR) is 134 cm³/mol. The van der Waals surface area contributed by atoms with Gasteiger partial charge in [0.2, 0.25) is 0 Å². The topological polar surface area (TPSA) is 114 Å². The van der Waals surface area contributed by atoms with E-state index < -0.39 is 24.1 Å². The van der Waals surface area contributed by atoms with Gasteiger partial charge in [0.05, 0.1) is 17.8 Å². The molecule has 9 heteroatoms. The lowest BCUT2D eigenvalue weighted by atomic mass is 9.98. The fourth-order valence-electron chi connectivity index (χ4n) is 4.11. The van der Waals surface area contributed by atoms with Gasteiger partial charge in [0.25, 0.3) is 5.91 Å². The zero-order valence-electron chi connectivity index (χ0n) is 18.8. The van der Waals surface area contributed by atoms with Gasteiger partial charge < -0.3 is 19.9 Å². The number of halogens is 1. The highest BCUT2D eigenvalue weighted by atomic mass is 79.9. The van der Waals surface area contributed by atoms with E-state index in [1.54, 1.807) is 12.1 Å². The largest absolute Gasteiger partial charge is 0.479 e. The van der Waals surface area contributed by atoms with Crippen LogP contribution in [0.1, 0.15) is 27.4 Å². The molecule has 4 rings (SSSR count). The number of amides is 2. The monoisotopic (exact) mass is 538 g/mol. The van der Waals surface area contributed by atoms with Crippen molar-refractivity contribution in [2.75, 3.05) is 25.6 Å². The summed E-state index contributed by atoms with van der Waals surface area (Å²) in [6.45, 7) is -0.103. The Kier molecular flexibility index (Phi) is 7.48. The Labute approximate surface area is 210 Å².